The van der Waals surface area contributed by atoms with Gasteiger partial charge in [-0.1, -0.05) is 11.6 Å². The molecule has 114 valence electrons. The first-order chi connectivity index (χ1) is 9.98. The zero-order chi connectivity index (χ0) is 15.0. The Labute approximate surface area is 128 Å². The topological polar surface area (TPSA) is 75.8 Å². The van der Waals surface area contributed by atoms with Crippen molar-refractivity contribution in [2.75, 3.05) is 19.7 Å². The van der Waals surface area contributed by atoms with Crippen molar-refractivity contribution in [3.8, 4) is 5.75 Å². The lowest BCUT2D eigenvalue weighted by Gasteiger charge is -2.37. The van der Waals surface area contributed by atoms with Gasteiger partial charge in [-0.2, -0.15) is 0 Å². The molecule has 1 fully saturated rings. The Bertz CT molecular complexity index is 578. The van der Waals surface area contributed by atoms with E-state index >= 15 is 0 Å². The minimum absolute atomic E-state index is 0.254. The van der Waals surface area contributed by atoms with E-state index < -0.39 is 11.5 Å². The third-order valence-electron chi connectivity index (χ3n) is 4.23. The largest absolute Gasteiger partial charge is 0.493 e. The van der Waals surface area contributed by atoms with E-state index in [1.807, 2.05) is 17.0 Å². The lowest BCUT2D eigenvalue weighted by Crippen LogP contribution is -2.55. The van der Waals surface area contributed by atoms with Gasteiger partial charge in [0.25, 0.3) is 5.91 Å². The molecule has 1 aromatic carbocycles. The Morgan fingerprint density at radius 2 is 2.33 bits per heavy atom. The summed E-state index contributed by atoms with van der Waals surface area (Å²) in [4.78, 5) is 13.4. The number of aliphatic hydroxyl groups is 1. The highest BCUT2D eigenvalue weighted by Crippen LogP contribution is 2.34. The summed E-state index contributed by atoms with van der Waals surface area (Å²) in [5.74, 6) is 0.243. The van der Waals surface area contributed by atoms with E-state index in [1.54, 1.807) is 0 Å². The first kappa shape index (κ1) is 14.6. The summed E-state index contributed by atoms with van der Waals surface area (Å²) in [7, 11) is 0. The molecule has 2 heterocycles. The Morgan fingerprint density at radius 3 is 3.10 bits per heavy atom. The third kappa shape index (κ3) is 2.86. The molecule has 21 heavy (non-hydrogen) atoms. The summed E-state index contributed by atoms with van der Waals surface area (Å²) in [5.41, 5.74) is 6.01. The molecule has 2 aliphatic heterocycles. The number of rotatable bonds is 3. The molecule has 0 radical (unpaired) electrons. The number of nitrogens with zero attached hydrogens (tertiary/aromatic N) is 1. The maximum Gasteiger partial charge on any atom is 0.250 e. The molecule has 3 rings (SSSR count). The molecule has 0 aliphatic carbocycles. The van der Waals surface area contributed by atoms with Crippen molar-refractivity contribution in [1.82, 2.24) is 4.90 Å². The third-order valence-corrected chi connectivity index (χ3v) is 4.45. The van der Waals surface area contributed by atoms with Crippen LogP contribution in [-0.4, -0.2) is 41.2 Å². The van der Waals surface area contributed by atoms with Crippen LogP contribution in [0.4, 0.5) is 0 Å². The van der Waals surface area contributed by atoms with Crippen LogP contribution in [0.1, 0.15) is 24.0 Å². The zero-order valence-electron chi connectivity index (χ0n) is 11.8. The Balaban J connectivity index is 1.80. The SMILES string of the molecule is NC(=O)C1(O)CCCN(Cc2cc(Cl)cc3c2OCC3)C1. The van der Waals surface area contributed by atoms with E-state index in [4.69, 9.17) is 22.1 Å². The molecule has 0 aromatic heterocycles. The van der Waals surface area contributed by atoms with Crippen LogP contribution in [-0.2, 0) is 17.8 Å². The maximum atomic E-state index is 11.4. The van der Waals surface area contributed by atoms with Crippen LogP contribution in [0.5, 0.6) is 5.75 Å². The van der Waals surface area contributed by atoms with E-state index in [9.17, 15) is 9.90 Å². The van der Waals surface area contributed by atoms with Gasteiger partial charge in [0.2, 0.25) is 0 Å². The fraction of sp³-hybridized carbons (Fsp3) is 0.533. The molecule has 0 saturated carbocycles. The van der Waals surface area contributed by atoms with E-state index in [0.29, 0.717) is 24.6 Å². The number of ether oxygens (including phenoxy) is 1. The van der Waals surface area contributed by atoms with Gasteiger partial charge < -0.3 is 15.6 Å². The number of β-amino-alcohol motifs (C(OH)–C–C–N with tert-alkyl or cyclic N) is 1. The number of carbonyl (C=O) groups excluding carboxylic acids is 1. The monoisotopic (exact) mass is 310 g/mol. The van der Waals surface area contributed by atoms with Crippen molar-refractivity contribution in [3.05, 3.63) is 28.3 Å². The standard InChI is InChI=1S/C15H19ClN2O3/c16-12-6-10-2-5-21-13(10)11(7-12)8-18-4-1-3-15(20,9-18)14(17)19/h6-7,20H,1-5,8-9H2,(H2,17,19). The molecule has 1 aromatic rings. The predicted molar refractivity (Wildman–Crippen MR) is 79.3 cm³/mol. The van der Waals surface area contributed by atoms with Crippen LogP contribution in [0.15, 0.2) is 12.1 Å². The lowest BCUT2D eigenvalue weighted by atomic mass is 9.92. The molecule has 2 aliphatic rings. The quantitative estimate of drug-likeness (QED) is 0.876. The first-order valence-corrected chi connectivity index (χ1v) is 7.54. The number of piperidine rings is 1. The van der Waals surface area contributed by atoms with Crippen LogP contribution < -0.4 is 10.5 Å². The second-order valence-corrected chi connectivity index (χ2v) is 6.30. The molecule has 0 bridgehead atoms. The number of carbonyl (C=O) groups is 1. The number of hydrogen-bond donors (Lipinski definition) is 2. The van der Waals surface area contributed by atoms with Crippen LogP contribution in [0.3, 0.4) is 0 Å². The van der Waals surface area contributed by atoms with Crippen molar-refractivity contribution in [2.24, 2.45) is 5.73 Å². The van der Waals surface area contributed by atoms with Gasteiger partial charge in [-0.25, -0.2) is 0 Å². The molecule has 6 heteroatoms. The molecule has 1 atom stereocenters. The molecule has 3 N–H and O–H groups in total. The highest BCUT2D eigenvalue weighted by atomic mass is 35.5. The van der Waals surface area contributed by atoms with Gasteiger partial charge in [-0.05, 0) is 37.1 Å². The Kier molecular flexibility index (Phi) is 3.82. The van der Waals surface area contributed by atoms with Crippen molar-refractivity contribution in [2.45, 2.75) is 31.4 Å². The average molecular weight is 311 g/mol. The van der Waals surface area contributed by atoms with Gasteiger partial charge in [0.15, 0.2) is 5.60 Å². The average Bonchev–Trinajstić information content (AvgIpc) is 2.86. The number of hydrogen-bond acceptors (Lipinski definition) is 4. The summed E-state index contributed by atoms with van der Waals surface area (Å²) in [6, 6.07) is 3.83. The molecule has 1 amide bonds. The van der Waals surface area contributed by atoms with E-state index in [0.717, 1.165) is 36.3 Å². The first-order valence-electron chi connectivity index (χ1n) is 7.17. The molecule has 1 saturated heterocycles. The fourth-order valence-electron chi connectivity index (χ4n) is 3.16. The van der Waals surface area contributed by atoms with E-state index in [1.165, 1.54) is 0 Å². The van der Waals surface area contributed by atoms with Gasteiger partial charge >= 0.3 is 0 Å². The molecule has 1 unspecified atom stereocenters. The van der Waals surface area contributed by atoms with Crippen molar-refractivity contribution in [1.29, 1.82) is 0 Å². The summed E-state index contributed by atoms with van der Waals surface area (Å²) in [6.45, 7) is 2.34. The van der Waals surface area contributed by atoms with Crippen LogP contribution >= 0.6 is 11.6 Å². The van der Waals surface area contributed by atoms with Crippen LogP contribution in [0.2, 0.25) is 5.02 Å². The fourth-order valence-corrected chi connectivity index (χ4v) is 3.43. The Hall–Kier alpha value is -1.30. The Morgan fingerprint density at radius 1 is 1.52 bits per heavy atom. The highest BCUT2D eigenvalue weighted by Gasteiger charge is 2.38. The van der Waals surface area contributed by atoms with Gasteiger partial charge in [-0.3, -0.25) is 9.69 Å². The van der Waals surface area contributed by atoms with Crippen molar-refractivity contribution >= 4 is 17.5 Å². The highest BCUT2D eigenvalue weighted by molar-refractivity contribution is 6.30. The van der Waals surface area contributed by atoms with Gasteiger partial charge in [0.1, 0.15) is 5.75 Å². The number of primary amides is 1. The summed E-state index contributed by atoms with van der Waals surface area (Å²) in [5, 5.41) is 11.0. The molecular formula is C15H19ClN2O3. The molecule has 5 nitrogen and oxygen atoms in total. The van der Waals surface area contributed by atoms with Crippen molar-refractivity contribution < 1.29 is 14.6 Å². The van der Waals surface area contributed by atoms with Gasteiger partial charge in [0, 0.05) is 30.1 Å². The minimum Gasteiger partial charge on any atom is -0.493 e. The number of nitrogens with two attached hydrogens (primary N) is 1. The summed E-state index contributed by atoms with van der Waals surface area (Å²) < 4.78 is 5.69. The second kappa shape index (κ2) is 5.48. The number of halogens is 1. The summed E-state index contributed by atoms with van der Waals surface area (Å²) in [6.07, 6.45) is 2.03. The van der Waals surface area contributed by atoms with Crippen molar-refractivity contribution in [3.63, 3.8) is 0 Å². The molecule has 0 spiro atoms. The summed E-state index contributed by atoms with van der Waals surface area (Å²) >= 11 is 6.16. The smallest absolute Gasteiger partial charge is 0.250 e. The van der Waals surface area contributed by atoms with Crippen LogP contribution in [0.25, 0.3) is 0 Å². The predicted octanol–water partition coefficient (Wildman–Crippen LogP) is 1.09. The van der Waals surface area contributed by atoms with Gasteiger partial charge in [-0.15, -0.1) is 0 Å². The minimum atomic E-state index is -1.43. The lowest BCUT2D eigenvalue weighted by molar-refractivity contribution is -0.142. The van der Waals surface area contributed by atoms with E-state index in [-0.39, 0.29) is 6.54 Å². The normalized spacial score (nSPS) is 25.4. The number of fused-ring (bicyclic) bond motifs is 1. The number of benzene rings is 1. The zero-order valence-corrected chi connectivity index (χ0v) is 12.5. The number of amides is 1. The second-order valence-electron chi connectivity index (χ2n) is 5.86. The molecular weight excluding hydrogens is 292 g/mol. The number of likely N-dealkylation sites (tertiary alicyclic amines) is 1. The maximum absolute atomic E-state index is 11.4. The van der Waals surface area contributed by atoms with Crippen LogP contribution in [0, 0.1) is 0 Å². The van der Waals surface area contributed by atoms with Gasteiger partial charge in [0.05, 0.1) is 6.61 Å². The van der Waals surface area contributed by atoms with E-state index in [2.05, 4.69) is 0 Å².